The predicted octanol–water partition coefficient (Wildman–Crippen LogP) is 4.98. The van der Waals surface area contributed by atoms with Crippen LogP contribution in [-0.4, -0.2) is 15.5 Å². The molecule has 0 bridgehead atoms. The monoisotopic (exact) mass is 401 g/mol. The maximum Gasteiger partial charge on any atom is 0.261 e. The van der Waals surface area contributed by atoms with Crippen molar-refractivity contribution < 1.29 is 9.53 Å². The summed E-state index contributed by atoms with van der Waals surface area (Å²) in [5, 5.41) is 3.11. The Morgan fingerprint density at radius 2 is 2.03 bits per heavy atom. The van der Waals surface area contributed by atoms with Crippen molar-refractivity contribution in [2.45, 2.75) is 19.6 Å². The Hall–Kier alpha value is -3.38. The van der Waals surface area contributed by atoms with Crippen molar-refractivity contribution in [3.63, 3.8) is 0 Å². The molecule has 5 rings (SSSR count). The SMILES string of the molecule is CC(NC(=O)c1cc2c(s1)-c1ccccc1OC2)c1ccc(-n2ccnc2)cc1. The van der Waals surface area contributed by atoms with Crippen LogP contribution in [0.2, 0.25) is 0 Å². The highest BCUT2D eigenvalue weighted by Gasteiger charge is 2.23. The molecule has 2 aromatic carbocycles. The third-order valence-corrected chi connectivity index (χ3v) is 6.30. The minimum atomic E-state index is -0.0954. The number of benzene rings is 2. The molecule has 6 heteroatoms. The van der Waals surface area contributed by atoms with Crippen LogP contribution in [0.5, 0.6) is 5.75 Å². The summed E-state index contributed by atoms with van der Waals surface area (Å²) >= 11 is 1.52. The molecular formula is C23H19N3O2S. The van der Waals surface area contributed by atoms with Crippen LogP contribution in [0.3, 0.4) is 0 Å². The number of thiophene rings is 1. The van der Waals surface area contributed by atoms with E-state index in [-0.39, 0.29) is 11.9 Å². The van der Waals surface area contributed by atoms with Gasteiger partial charge in [0.15, 0.2) is 0 Å². The molecule has 0 aliphatic carbocycles. The zero-order valence-electron chi connectivity index (χ0n) is 15.8. The number of para-hydroxylation sites is 1. The first-order valence-corrected chi connectivity index (χ1v) is 10.2. The number of amides is 1. The summed E-state index contributed by atoms with van der Waals surface area (Å²) in [4.78, 5) is 18.8. The van der Waals surface area contributed by atoms with Gasteiger partial charge in [-0.1, -0.05) is 24.3 Å². The summed E-state index contributed by atoms with van der Waals surface area (Å²) in [6.07, 6.45) is 5.42. The van der Waals surface area contributed by atoms with E-state index < -0.39 is 0 Å². The number of nitrogens with zero attached hydrogens (tertiary/aromatic N) is 2. The number of hydrogen-bond acceptors (Lipinski definition) is 4. The molecular weight excluding hydrogens is 382 g/mol. The molecule has 1 unspecified atom stereocenters. The molecule has 3 heterocycles. The molecule has 1 amide bonds. The highest BCUT2D eigenvalue weighted by molar-refractivity contribution is 7.17. The first-order chi connectivity index (χ1) is 14.2. The van der Waals surface area contributed by atoms with Crippen LogP contribution in [0.15, 0.2) is 73.3 Å². The lowest BCUT2D eigenvalue weighted by Gasteiger charge is -2.16. The van der Waals surface area contributed by atoms with E-state index in [1.54, 1.807) is 12.5 Å². The number of carbonyl (C=O) groups is 1. The summed E-state index contributed by atoms with van der Waals surface area (Å²) in [5.41, 5.74) is 4.21. The van der Waals surface area contributed by atoms with E-state index >= 15 is 0 Å². The number of rotatable bonds is 4. The second-order valence-corrected chi connectivity index (χ2v) is 8.06. The van der Waals surface area contributed by atoms with Crippen LogP contribution in [0.1, 0.15) is 33.8 Å². The molecule has 5 nitrogen and oxygen atoms in total. The molecule has 1 atom stereocenters. The lowest BCUT2D eigenvalue weighted by molar-refractivity contribution is 0.0944. The normalized spacial score (nSPS) is 13.1. The van der Waals surface area contributed by atoms with E-state index in [2.05, 4.69) is 10.3 Å². The molecule has 1 aliphatic rings. The number of imidazole rings is 1. The zero-order chi connectivity index (χ0) is 19.8. The van der Waals surface area contributed by atoms with E-state index in [1.807, 2.05) is 72.3 Å². The fourth-order valence-corrected chi connectivity index (χ4v) is 4.61. The molecule has 1 aliphatic heterocycles. The van der Waals surface area contributed by atoms with Crippen LogP contribution >= 0.6 is 11.3 Å². The molecule has 0 radical (unpaired) electrons. The second kappa shape index (κ2) is 7.22. The van der Waals surface area contributed by atoms with Crippen molar-refractivity contribution in [3.8, 4) is 21.9 Å². The zero-order valence-corrected chi connectivity index (χ0v) is 16.6. The number of hydrogen-bond donors (Lipinski definition) is 1. The molecule has 4 aromatic rings. The van der Waals surface area contributed by atoms with E-state index in [1.165, 1.54) is 11.3 Å². The van der Waals surface area contributed by atoms with Gasteiger partial charge in [-0.25, -0.2) is 4.98 Å². The van der Waals surface area contributed by atoms with Gasteiger partial charge in [-0.05, 0) is 42.8 Å². The third-order valence-electron chi connectivity index (χ3n) is 5.09. The Kier molecular flexibility index (Phi) is 4.41. The molecule has 2 aromatic heterocycles. The number of aromatic nitrogens is 2. The molecule has 0 saturated heterocycles. The van der Waals surface area contributed by atoms with Crippen LogP contribution in [0.25, 0.3) is 16.1 Å². The molecule has 1 N–H and O–H groups in total. The molecule has 0 saturated carbocycles. The average Bonchev–Trinajstić information content (AvgIpc) is 3.44. The largest absolute Gasteiger partial charge is 0.488 e. The Balaban J connectivity index is 1.33. The number of fused-ring (bicyclic) bond motifs is 3. The number of nitrogens with one attached hydrogen (secondary N) is 1. The number of carbonyl (C=O) groups excluding carboxylic acids is 1. The standard InChI is InChI=1S/C23H19N3O2S/c1-15(16-6-8-18(9-7-16)26-11-10-24-14-26)25-23(27)21-12-17-13-28-20-5-3-2-4-19(20)22(17)29-21/h2-12,14-15H,13H2,1H3,(H,25,27). The van der Waals surface area contributed by atoms with E-state index in [4.69, 9.17) is 4.74 Å². The van der Waals surface area contributed by atoms with Gasteiger partial charge in [0.05, 0.1) is 17.2 Å². The summed E-state index contributed by atoms with van der Waals surface area (Å²) in [7, 11) is 0. The first kappa shape index (κ1) is 17.7. The molecule has 144 valence electrons. The summed E-state index contributed by atoms with van der Waals surface area (Å²) < 4.78 is 7.75. The van der Waals surface area contributed by atoms with Crippen molar-refractivity contribution >= 4 is 17.2 Å². The van der Waals surface area contributed by atoms with Crippen molar-refractivity contribution in [3.05, 3.63) is 89.3 Å². The van der Waals surface area contributed by atoms with Gasteiger partial charge in [-0.3, -0.25) is 4.79 Å². The van der Waals surface area contributed by atoms with Gasteiger partial charge in [-0.2, -0.15) is 0 Å². The van der Waals surface area contributed by atoms with E-state index in [0.29, 0.717) is 11.5 Å². The van der Waals surface area contributed by atoms with Gasteiger partial charge in [0.1, 0.15) is 12.4 Å². The lowest BCUT2D eigenvalue weighted by Crippen LogP contribution is -2.25. The Morgan fingerprint density at radius 3 is 2.83 bits per heavy atom. The van der Waals surface area contributed by atoms with Crippen molar-refractivity contribution in [2.75, 3.05) is 0 Å². The minimum absolute atomic E-state index is 0.0620. The topological polar surface area (TPSA) is 56.1 Å². The van der Waals surface area contributed by atoms with Crippen LogP contribution in [-0.2, 0) is 6.61 Å². The van der Waals surface area contributed by atoms with Crippen LogP contribution < -0.4 is 10.1 Å². The highest BCUT2D eigenvalue weighted by atomic mass is 32.1. The van der Waals surface area contributed by atoms with Crippen LogP contribution in [0, 0.1) is 0 Å². The molecule has 0 fully saturated rings. The summed E-state index contributed by atoms with van der Waals surface area (Å²) in [6, 6.07) is 17.9. The Labute approximate surface area is 172 Å². The smallest absolute Gasteiger partial charge is 0.261 e. The van der Waals surface area contributed by atoms with Gasteiger partial charge in [0, 0.05) is 34.1 Å². The average molecular weight is 401 g/mol. The first-order valence-electron chi connectivity index (χ1n) is 9.43. The minimum Gasteiger partial charge on any atom is -0.488 e. The Bertz CT molecular complexity index is 1160. The Morgan fingerprint density at radius 1 is 1.21 bits per heavy atom. The van der Waals surface area contributed by atoms with E-state index in [0.717, 1.165) is 33.0 Å². The molecule has 0 spiro atoms. The van der Waals surface area contributed by atoms with Crippen molar-refractivity contribution in [1.29, 1.82) is 0 Å². The van der Waals surface area contributed by atoms with Crippen molar-refractivity contribution in [1.82, 2.24) is 14.9 Å². The molecule has 29 heavy (non-hydrogen) atoms. The van der Waals surface area contributed by atoms with Gasteiger partial charge < -0.3 is 14.6 Å². The van der Waals surface area contributed by atoms with Crippen LogP contribution in [0.4, 0.5) is 0 Å². The lowest BCUT2D eigenvalue weighted by atomic mass is 10.1. The highest BCUT2D eigenvalue weighted by Crippen LogP contribution is 2.42. The van der Waals surface area contributed by atoms with Gasteiger partial charge in [0.2, 0.25) is 0 Å². The van der Waals surface area contributed by atoms with Gasteiger partial charge in [-0.15, -0.1) is 11.3 Å². The third kappa shape index (κ3) is 3.32. The summed E-state index contributed by atoms with van der Waals surface area (Å²) in [5.74, 6) is 0.813. The van der Waals surface area contributed by atoms with E-state index in [9.17, 15) is 4.79 Å². The predicted molar refractivity (Wildman–Crippen MR) is 114 cm³/mol. The fourth-order valence-electron chi connectivity index (χ4n) is 3.51. The van der Waals surface area contributed by atoms with Gasteiger partial charge in [0.25, 0.3) is 5.91 Å². The fraction of sp³-hybridized carbons (Fsp3) is 0.130. The second-order valence-electron chi connectivity index (χ2n) is 7.01. The van der Waals surface area contributed by atoms with Crippen molar-refractivity contribution in [2.24, 2.45) is 0 Å². The summed E-state index contributed by atoms with van der Waals surface area (Å²) in [6.45, 7) is 2.50. The number of ether oxygens (including phenoxy) is 1. The maximum absolute atomic E-state index is 12.9. The van der Waals surface area contributed by atoms with Gasteiger partial charge >= 0.3 is 0 Å². The quantitative estimate of drug-likeness (QED) is 0.524. The maximum atomic E-state index is 12.9.